The molecular weight excluding hydrogens is 408 g/mol. The van der Waals surface area contributed by atoms with E-state index in [4.69, 9.17) is 0 Å². The van der Waals surface area contributed by atoms with Gasteiger partial charge in [0.15, 0.2) is 0 Å². The van der Waals surface area contributed by atoms with Crippen molar-refractivity contribution in [2.45, 2.75) is 6.42 Å². The fourth-order valence-corrected chi connectivity index (χ4v) is 3.87. The number of nitrogens with zero attached hydrogens (tertiary/aromatic N) is 3. The van der Waals surface area contributed by atoms with Crippen LogP contribution in [-0.2, 0) is 4.79 Å². The number of non-ortho nitro benzene ring substituents is 1. The Morgan fingerprint density at radius 3 is 2.28 bits per heavy atom. The molecule has 1 heterocycles. The molecule has 1 N–H and O–H groups in total. The summed E-state index contributed by atoms with van der Waals surface area (Å²) >= 11 is 0. The molecule has 3 aromatic rings. The first-order valence-electron chi connectivity index (χ1n) is 10.6. The Labute approximate surface area is 185 Å². The van der Waals surface area contributed by atoms with Crippen LogP contribution in [0.5, 0.6) is 0 Å². The molecule has 1 saturated heterocycles. The molecule has 0 aromatic heterocycles. The van der Waals surface area contributed by atoms with Crippen LogP contribution in [0.3, 0.4) is 0 Å². The Hall–Kier alpha value is -3.94. The summed E-state index contributed by atoms with van der Waals surface area (Å²) in [6.45, 7) is 2.76. The second-order valence-electron chi connectivity index (χ2n) is 7.71. The summed E-state index contributed by atoms with van der Waals surface area (Å²) in [4.78, 5) is 39.2. The molecule has 0 spiro atoms. The SMILES string of the molecule is O=C(NCCC(=O)N1CCN(c2ccc([N+](=O)[O-])cc2)CC1)c1ccc2ccccc2c1. The third-order valence-electron chi connectivity index (χ3n) is 5.69. The molecule has 0 aliphatic carbocycles. The molecule has 32 heavy (non-hydrogen) atoms. The van der Waals surface area contributed by atoms with Crippen molar-refractivity contribution in [3.63, 3.8) is 0 Å². The predicted octanol–water partition coefficient (Wildman–Crippen LogP) is 3.22. The normalized spacial score (nSPS) is 13.8. The number of nitrogens with one attached hydrogen (secondary N) is 1. The largest absolute Gasteiger partial charge is 0.368 e. The Morgan fingerprint density at radius 2 is 1.59 bits per heavy atom. The van der Waals surface area contributed by atoms with E-state index in [2.05, 4.69) is 10.2 Å². The lowest BCUT2D eigenvalue weighted by Gasteiger charge is -2.36. The van der Waals surface area contributed by atoms with Gasteiger partial charge in [-0.25, -0.2) is 0 Å². The maximum atomic E-state index is 12.5. The first-order chi connectivity index (χ1) is 15.5. The van der Waals surface area contributed by atoms with E-state index in [9.17, 15) is 19.7 Å². The molecule has 3 aromatic carbocycles. The molecule has 0 saturated carbocycles. The monoisotopic (exact) mass is 432 g/mol. The third-order valence-corrected chi connectivity index (χ3v) is 5.69. The van der Waals surface area contributed by atoms with Gasteiger partial charge in [-0.05, 0) is 35.0 Å². The second kappa shape index (κ2) is 9.47. The lowest BCUT2D eigenvalue weighted by atomic mass is 10.1. The van der Waals surface area contributed by atoms with Gasteiger partial charge in [0.1, 0.15) is 0 Å². The van der Waals surface area contributed by atoms with Gasteiger partial charge in [0.2, 0.25) is 5.91 Å². The van der Waals surface area contributed by atoms with Crippen LogP contribution in [0.1, 0.15) is 16.8 Å². The van der Waals surface area contributed by atoms with Crippen LogP contribution in [0.15, 0.2) is 66.7 Å². The van der Waals surface area contributed by atoms with E-state index in [0.717, 1.165) is 16.5 Å². The average molecular weight is 432 g/mol. The van der Waals surface area contributed by atoms with Crippen molar-refractivity contribution < 1.29 is 14.5 Å². The van der Waals surface area contributed by atoms with Crippen molar-refractivity contribution >= 4 is 34.0 Å². The van der Waals surface area contributed by atoms with E-state index in [1.54, 1.807) is 23.1 Å². The smallest absolute Gasteiger partial charge is 0.269 e. The van der Waals surface area contributed by atoms with Crippen LogP contribution in [0, 0.1) is 10.1 Å². The molecule has 4 rings (SSSR count). The molecule has 2 amide bonds. The number of hydrogen-bond acceptors (Lipinski definition) is 5. The van der Waals surface area contributed by atoms with Gasteiger partial charge in [0, 0.05) is 62.5 Å². The molecule has 0 unspecified atom stereocenters. The molecule has 0 bridgehead atoms. The summed E-state index contributed by atoms with van der Waals surface area (Å²) in [5.41, 5.74) is 1.55. The van der Waals surface area contributed by atoms with Crippen molar-refractivity contribution in [3.05, 3.63) is 82.4 Å². The number of hydrogen-bond donors (Lipinski definition) is 1. The van der Waals surface area contributed by atoms with E-state index in [-0.39, 0.29) is 30.5 Å². The van der Waals surface area contributed by atoms with E-state index in [1.165, 1.54) is 12.1 Å². The van der Waals surface area contributed by atoms with Crippen molar-refractivity contribution in [3.8, 4) is 0 Å². The number of benzene rings is 3. The topological polar surface area (TPSA) is 95.8 Å². The van der Waals surface area contributed by atoms with Gasteiger partial charge >= 0.3 is 0 Å². The first-order valence-corrected chi connectivity index (χ1v) is 10.6. The predicted molar refractivity (Wildman–Crippen MR) is 123 cm³/mol. The van der Waals surface area contributed by atoms with Gasteiger partial charge in [-0.1, -0.05) is 30.3 Å². The summed E-state index contributed by atoms with van der Waals surface area (Å²) in [7, 11) is 0. The summed E-state index contributed by atoms with van der Waals surface area (Å²) < 4.78 is 0. The second-order valence-corrected chi connectivity index (χ2v) is 7.71. The van der Waals surface area contributed by atoms with Crippen molar-refractivity contribution in [1.82, 2.24) is 10.2 Å². The van der Waals surface area contributed by atoms with E-state index in [1.807, 2.05) is 36.4 Å². The minimum atomic E-state index is -0.418. The summed E-state index contributed by atoms with van der Waals surface area (Å²) in [6, 6.07) is 19.9. The lowest BCUT2D eigenvalue weighted by molar-refractivity contribution is -0.384. The van der Waals surface area contributed by atoms with Crippen LogP contribution in [0.2, 0.25) is 0 Å². The van der Waals surface area contributed by atoms with Gasteiger partial charge < -0.3 is 15.1 Å². The molecule has 8 nitrogen and oxygen atoms in total. The minimum absolute atomic E-state index is 0.00663. The number of piperazine rings is 1. The average Bonchev–Trinajstić information content (AvgIpc) is 2.83. The number of carbonyl (C=O) groups is 2. The summed E-state index contributed by atoms with van der Waals surface area (Å²) in [5, 5.41) is 15.7. The summed E-state index contributed by atoms with van der Waals surface area (Å²) in [6.07, 6.45) is 0.247. The molecule has 1 aliphatic heterocycles. The maximum absolute atomic E-state index is 12.5. The molecule has 0 atom stereocenters. The lowest BCUT2D eigenvalue weighted by Crippen LogP contribution is -2.49. The highest BCUT2D eigenvalue weighted by atomic mass is 16.6. The van der Waals surface area contributed by atoms with E-state index in [0.29, 0.717) is 31.7 Å². The number of nitro benzene ring substituents is 1. The van der Waals surface area contributed by atoms with Gasteiger partial charge in [-0.3, -0.25) is 19.7 Å². The number of rotatable bonds is 6. The van der Waals surface area contributed by atoms with Crippen LogP contribution in [0.25, 0.3) is 10.8 Å². The fraction of sp³-hybridized carbons (Fsp3) is 0.250. The quantitative estimate of drug-likeness (QED) is 0.477. The minimum Gasteiger partial charge on any atom is -0.368 e. The third kappa shape index (κ3) is 4.85. The number of nitro groups is 1. The molecule has 164 valence electrons. The standard InChI is InChI=1S/C24H24N4O4/c29-23(11-12-25-24(30)20-6-5-18-3-1-2-4-19(18)17-20)27-15-13-26(14-16-27)21-7-9-22(10-8-21)28(31)32/h1-10,17H,11-16H2,(H,25,30). The Balaban J connectivity index is 1.23. The fourth-order valence-electron chi connectivity index (χ4n) is 3.87. The Morgan fingerprint density at radius 1 is 0.906 bits per heavy atom. The zero-order valence-electron chi connectivity index (χ0n) is 17.6. The van der Waals surface area contributed by atoms with Gasteiger partial charge in [0.25, 0.3) is 11.6 Å². The van der Waals surface area contributed by atoms with Crippen LogP contribution in [0.4, 0.5) is 11.4 Å². The van der Waals surface area contributed by atoms with E-state index < -0.39 is 4.92 Å². The highest BCUT2D eigenvalue weighted by Gasteiger charge is 2.21. The number of anilines is 1. The first kappa shape index (κ1) is 21.3. The molecular formula is C24H24N4O4. The van der Waals surface area contributed by atoms with Crippen molar-refractivity contribution in [1.29, 1.82) is 0 Å². The van der Waals surface area contributed by atoms with Crippen LogP contribution in [-0.4, -0.2) is 54.4 Å². The van der Waals surface area contributed by atoms with Crippen LogP contribution < -0.4 is 10.2 Å². The number of carbonyl (C=O) groups excluding carboxylic acids is 2. The zero-order chi connectivity index (χ0) is 22.5. The highest BCUT2D eigenvalue weighted by molar-refractivity contribution is 5.98. The van der Waals surface area contributed by atoms with E-state index >= 15 is 0 Å². The van der Waals surface area contributed by atoms with Crippen LogP contribution >= 0.6 is 0 Å². The zero-order valence-corrected chi connectivity index (χ0v) is 17.6. The maximum Gasteiger partial charge on any atom is 0.269 e. The van der Waals surface area contributed by atoms with Gasteiger partial charge in [-0.15, -0.1) is 0 Å². The summed E-state index contributed by atoms with van der Waals surface area (Å²) in [5.74, 6) is -0.182. The van der Waals surface area contributed by atoms with Gasteiger partial charge in [0.05, 0.1) is 4.92 Å². The molecule has 1 fully saturated rings. The van der Waals surface area contributed by atoms with Crippen molar-refractivity contribution in [2.24, 2.45) is 0 Å². The highest BCUT2D eigenvalue weighted by Crippen LogP contribution is 2.21. The van der Waals surface area contributed by atoms with Crippen molar-refractivity contribution in [2.75, 3.05) is 37.6 Å². The van der Waals surface area contributed by atoms with Gasteiger partial charge in [-0.2, -0.15) is 0 Å². The Kier molecular flexibility index (Phi) is 6.30. The molecule has 8 heteroatoms. The molecule has 0 radical (unpaired) electrons. The molecule has 1 aliphatic rings. The number of fused-ring (bicyclic) bond motifs is 1. The Bertz CT molecular complexity index is 1140. The number of amides is 2.